The van der Waals surface area contributed by atoms with Crippen molar-refractivity contribution in [2.45, 2.75) is 32.2 Å². The second-order valence-electron chi connectivity index (χ2n) is 4.73. The van der Waals surface area contributed by atoms with E-state index in [1.54, 1.807) is 12.1 Å². The maximum atomic E-state index is 12.5. The Morgan fingerprint density at radius 1 is 1.44 bits per heavy atom. The lowest BCUT2D eigenvalue weighted by molar-refractivity contribution is 0.0597. The average Bonchev–Trinajstić information content (AvgIpc) is 2.25. The number of hydrogen-bond donors (Lipinski definition) is 0. The van der Waals surface area contributed by atoms with Gasteiger partial charge in [0.2, 0.25) is 0 Å². The summed E-state index contributed by atoms with van der Waals surface area (Å²) in [6.07, 6.45) is 3.39. The fourth-order valence-corrected chi connectivity index (χ4v) is 2.67. The van der Waals surface area contributed by atoms with E-state index in [2.05, 4.69) is 0 Å². The molecule has 98 valence electrons. The van der Waals surface area contributed by atoms with Crippen LogP contribution >= 0.6 is 23.2 Å². The van der Waals surface area contributed by atoms with Gasteiger partial charge in [0.1, 0.15) is 0 Å². The van der Waals surface area contributed by atoms with Crippen molar-refractivity contribution < 1.29 is 4.79 Å². The van der Waals surface area contributed by atoms with Gasteiger partial charge in [-0.05, 0) is 49.9 Å². The Morgan fingerprint density at radius 2 is 2.17 bits per heavy atom. The summed E-state index contributed by atoms with van der Waals surface area (Å²) in [6, 6.07) is 5.77. The molecule has 0 saturated heterocycles. The van der Waals surface area contributed by atoms with Gasteiger partial charge in [-0.1, -0.05) is 11.6 Å². The molecule has 2 rings (SSSR count). The summed E-state index contributed by atoms with van der Waals surface area (Å²) in [5, 5.41) is 0.664. The van der Waals surface area contributed by atoms with E-state index in [-0.39, 0.29) is 5.91 Å². The first-order valence-electron chi connectivity index (χ1n) is 6.26. The average molecular weight is 286 g/mol. The summed E-state index contributed by atoms with van der Waals surface area (Å²) in [4.78, 5) is 14.4. The monoisotopic (exact) mass is 285 g/mol. The number of carbonyl (C=O) groups is 1. The van der Waals surface area contributed by atoms with Crippen molar-refractivity contribution >= 4 is 29.1 Å². The van der Waals surface area contributed by atoms with Crippen LogP contribution in [0.25, 0.3) is 0 Å². The van der Waals surface area contributed by atoms with Gasteiger partial charge in [0.25, 0.3) is 5.91 Å². The van der Waals surface area contributed by atoms with E-state index >= 15 is 0 Å². The van der Waals surface area contributed by atoms with Crippen LogP contribution in [-0.2, 0) is 0 Å². The summed E-state index contributed by atoms with van der Waals surface area (Å²) < 4.78 is 0. The largest absolute Gasteiger partial charge is 0.334 e. The molecule has 0 N–H and O–H groups in total. The number of carbonyl (C=O) groups excluding carboxylic acids is 1. The summed E-state index contributed by atoms with van der Waals surface area (Å²) in [5.41, 5.74) is 1.66. The van der Waals surface area contributed by atoms with Crippen molar-refractivity contribution in [3.8, 4) is 0 Å². The van der Waals surface area contributed by atoms with Crippen LogP contribution in [0.3, 0.4) is 0 Å². The van der Waals surface area contributed by atoms with Crippen molar-refractivity contribution in [1.82, 2.24) is 4.90 Å². The van der Waals surface area contributed by atoms with Crippen molar-refractivity contribution in [3.05, 3.63) is 34.3 Å². The first-order chi connectivity index (χ1) is 8.63. The minimum atomic E-state index is 0.0783. The van der Waals surface area contributed by atoms with Gasteiger partial charge in [0, 0.05) is 29.1 Å². The van der Waals surface area contributed by atoms with Gasteiger partial charge >= 0.3 is 0 Å². The Bertz CT molecular complexity index is 443. The number of aryl methyl sites for hydroxylation is 1. The molecule has 1 amide bonds. The standard InChI is InChI=1S/C14H17Cl2NO/c1-10-9-11(16)5-6-13(10)14(18)17(8-7-15)12-3-2-4-12/h5-6,9,12H,2-4,7-8H2,1H3. The van der Waals surface area contributed by atoms with Gasteiger partial charge in [-0.25, -0.2) is 0 Å². The number of hydrogen-bond acceptors (Lipinski definition) is 1. The number of benzene rings is 1. The highest BCUT2D eigenvalue weighted by molar-refractivity contribution is 6.30. The highest BCUT2D eigenvalue weighted by atomic mass is 35.5. The van der Waals surface area contributed by atoms with Crippen molar-refractivity contribution in [3.63, 3.8) is 0 Å². The molecule has 0 atom stereocenters. The quantitative estimate of drug-likeness (QED) is 0.769. The Kier molecular flexibility index (Phi) is 4.52. The van der Waals surface area contributed by atoms with E-state index in [0.717, 1.165) is 24.0 Å². The van der Waals surface area contributed by atoms with Crippen LogP contribution in [0.4, 0.5) is 0 Å². The molecule has 0 bridgehead atoms. The molecule has 0 unspecified atom stereocenters. The molecule has 0 aromatic heterocycles. The van der Waals surface area contributed by atoms with Gasteiger partial charge in [0.15, 0.2) is 0 Å². The maximum absolute atomic E-state index is 12.5. The Morgan fingerprint density at radius 3 is 2.67 bits per heavy atom. The van der Waals surface area contributed by atoms with E-state index in [1.165, 1.54) is 6.42 Å². The van der Waals surface area contributed by atoms with Crippen LogP contribution in [0.15, 0.2) is 18.2 Å². The first kappa shape index (κ1) is 13.7. The molecule has 0 aliphatic heterocycles. The Labute approximate surface area is 118 Å². The van der Waals surface area contributed by atoms with Crippen LogP contribution in [0.1, 0.15) is 35.2 Å². The zero-order chi connectivity index (χ0) is 13.1. The lowest BCUT2D eigenvalue weighted by Gasteiger charge is -2.37. The number of halogens is 2. The minimum Gasteiger partial charge on any atom is -0.334 e. The second kappa shape index (κ2) is 5.94. The van der Waals surface area contributed by atoms with Crippen molar-refractivity contribution in [2.75, 3.05) is 12.4 Å². The van der Waals surface area contributed by atoms with Gasteiger partial charge in [-0.15, -0.1) is 11.6 Å². The molecule has 0 radical (unpaired) electrons. The lowest BCUT2D eigenvalue weighted by Crippen LogP contribution is -2.45. The van der Waals surface area contributed by atoms with E-state index in [4.69, 9.17) is 23.2 Å². The number of rotatable bonds is 4. The van der Waals surface area contributed by atoms with Crippen LogP contribution in [0.5, 0.6) is 0 Å². The molecule has 1 saturated carbocycles. The molecule has 1 aliphatic rings. The zero-order valence-electron chi connectivity index (χ0n) is 10.5. The van der Waals surface area contributed by atoms with Gasteiger partial charge in [0.05, 0.1) is 0 Å². The highest BCUT2D eigenvalue weighted by Gasteiger charge is 2.29. The minimum absolute atomic E-state index is 0.0783. The normalized spacial score (nSPS) is 15.3. The molecule has 1 aromatic carbocycles. The maximum Gasteiger partial charge on any atom is 0.254 e. The number of amides is 1. The molecule has 4 heteroatoms. The van der Waals surface area contributed by atoms with E-state index in [9.17, 15) is 4.79 Å². The van der Waals surface area contributed by atoms with E-state index < -0.39 is 0 Å². The van der Waals surface area contributed by atoms with Crippen LogP contribution in [0, 0.1) is 6.92 Å². The molecule has 0 heterocycles. The Balaban J connectivity index is 2.21. The molecule has 1 aromatic rings. The topological polar surface area (TPSA) is 20.3 Å². The van der Waals surface area contributed by atoms with Gasteiger partial charge < -0.3 is 4.90 Å². The van der Waals surface area contributed by atoms with Crippen LogP contribution < -0.4 is 0 Å². The summed E-state index contributed by atoms with van der Waals surface area (Å²) in [5.74, 6) is 0.559. The van der Waals surface area contributed by atoms with E-state index in [1.807, 2.05) is 17.9 Å². The predicted molar refractivity (Wildman–Crippen MR) is 75.6 cm³/mol. The second-order valence-corrected chi connectivity index (χ2v) is 5.55. The smallest absolute Gasteiger partial charge is 0.254 e. The predicted octanol–water partition coefficient (Wildman–Crippen LogP) is 3.88. The molecular weight excluding hydrogens is 269 g/mol. The van der Waals surface area contributed by atoms with Gasteiger partial charge in [-0.2, -0.15) is 0 Å². The third-order valence-corrected chi connectivity index (χ3v) is 3.92. The van der Waals surface area contributed by atoms with Crippen LogP contribution in [-0.4, -0.2) is 29.3 Å². The summed E-state index contributed by atoms with van der Waals surface area (Å²) in [7, 11) is 0. The van der Waals surface area contributed by atoms with Crippen molar-refractivity contribution in [2.24, 2.45) is 0 Å². The number of nitrogens with zero attached hydrogens (tertiary/aromatic N) is 1. The SMILES string of the molecule is Cc1cc(Cl)ccc1C(=O)N(CCCl)C1CCC1. The first-order valence-corrected chi connectivity index (χ1v) is 7.18. The lowest BCUT2D eigenvalue weighted by atomic mass is 9.90. The molecular formula is C14H17Cl2NO. The Hall–Kier alpha value is -0.730. The summed E-state index contributed by atoms with van der Waals surface area (Å²) >= 11 is 11.7. The molecule has 18 heavy (non-hydrogen) atoms. The van der Waals surface area contributed by atoms with E-state index in [0.29, 0.717) is 23.5 Å². The highest BCUT2D eigenvalue weighted by Crippen LogP contribution is 2.27. The van der Waals surface area contributed by atoms with Crippen LogP contribution in [0.2, 0.25) is 5.02 Å². The van der Waals surface area contributed by atoms with Crippen molar-refractivity contribution in [1.29, 1.82) is 0 Å². The summed E-state index contributed by atoms with van der Waals surface area (Å²) in [6.45, 7) is 2.53. The fraction of sp³-hybridized carbons (Fsp3) is 0.500. The van der Waals surface area contributed by atoms with Gasteiger partial charge in [-0.3, -0.25) is 4.79 Å². The third-order valence-electron chi connectivity index (χ3n) is 3.52. The molecule has 0 spiro atoms. The molecule has 2 nitrogen and oxygen atoms in total. The zero-order valence-corrected chi connectivity index (χ0v) is 12.0. The number of alkyl halides is 1. The third kappa shape index (κ3) is 2.81. The molecule has 1 fully saturated rings. The molecule has 1 aliphatic carbocycles. The fourth-order valence-electron chi connectivity index (χ4n) is 2.26.